The van der Waals surface area contributed by atoms with Crippen molar-refractivity contribution in [1.29, 1.82) is 0 Å². The van der Waals surface area contributed by atoms with Crippen LogP contribution in [-0.4, -0.2) is 17.8 Å². The van der Waals surface area contributed by atoms with Crippen LogP contribution in [-0.2, 0) is 6.18 Å². The summed E-state index contributed by atoms with van der Waals surface area (Å²) in [5, 5.41) is 2.30. The average Bonchev–Trinajstić information content (AvgIpc) is 2.23. The van der Waals surface area contributed by atoms with E-state index in [2.05, 4.69) is 5.32 Å². The van der Waals surface area contributed by atoms with E-state index in [-0.39, 0.29) is 29.7 Å². The van der Waals surface area contributed by atoms with Gasteiger partial charge in [-0.05, 0) is 30.0 Å². The Hall–Kier alpha value is -1.12. The third kappa shape index (κ3) is 5.58. The summed E-state index contributed by atoms with van der Waals surface area (Å²) in [6.45, 7) is -0.216. The van der Waals surface area contributed by atoms with Gasteiger partial charge in [-0.25, -0.2) is 4.39 Å². The molecule has 0 heterocycles. The predicted octanol–water partition coefficient (Wildman–Crippen LogP) is 4.51. The van der Waals surface area contributed by atoms with Crippen LogP contribution in [0.4, 0.5) is 36.4 Å². The van der Waals surface area contributed by atoms with E-state index in [9.17, 15) is 30.7 Å². The second-order valence-electron chi connectivity index (χ2n) is 3.41. The molecule has 1 aromatic rings. The molecule has 0 bridgehead atoms. The molecule has 0 aliphatic carbocycles. The van der Waals surface area contributed by atoms with Crippen molar-refractivity contribution in [2.24, 2.45) is 0 Å². The van der Waals surface area contributed by atoms with Crippen molar-refractivity contribution in [1.82, 2.24) is 0 Å². The lowest BCUT2D eigenvalue weighted by atomic mass is 10.2. The van der Waals surface area contributed by atoms with Gasteiger partial charge in [-0.1, -0.05) is 0 Å². The largest absolute Gasteiger partial charge is 0.441 e. The summed E-state index contributed by atoms with van der Waals surface area (Å²) in [6.07, 6.45) is -4.66. The van der Waals surface area contributed by atoms with Crippen LogP contribution < -0.4 is 5.32 Å². The quantitative estimate of drug-likeness (QED) is 0.649. The highest BCUT2D eigenvalue weighted by molar-refractivity contribution is 8.00. The fraction of sp³-hybridized carbons (Fsp3) is 0.400. The first kappa shape index (κ1) is 15.9. The number of nitrogens with one attached hydrogen (secondary N) is 1. The number of thioether (sulfide) groups is 1. The van der Waals surface area contributed by atoms with E-state index in [0.717, 1.165) is 6.07 Å². The zero-order valence-corrected chi connectivity index (χ0v) is 10.0. The SMILES string of the molecule is Fc1cc(C(F)(F)F)ccc1NCCSC(F)(F)F. The molecule has 0 unspecified atom stereocenters. The summed E-state index contributed by atoms with van der Waals surface area (Å²) in [7, 11) is 0. The fourth-order valence-electron chi connectivity index (χ4n) is 1.19. The zero-order valence-electron chi connectivity index (χ0n) is 9.20. The Balaban J connectivity index is 2.57. The molecule has 0 saturated carbocycles. The molecule has 1 nitrogen and oxygen atoms in total. The van der Waals surface area contributed by atoms with E-state index < -0.39 is 23.1 Å². The summed E-state index contributed by atoms with van der Waals surface area (Å²) in [4.78, 5) is 0. The number of halogens is 7. The van der Waals surface area contributed by atoms with Crippen molar-refractivity contribution in [3.63, 3.8) is 0 Å². The first-order valence-corrected chi connectivity index (χ1v) is 5.89. The summed E-state index contributed by atoms with van der Waals surface area (Å²) in [5.41, 5.74) is -5.81. The van der Waals surface area contributed by atoms with Crippen molar-refractivity contribution < 1.29 is 30.7 Å². The average molecular weight is 307 g/mol. The highest BCUT2D eigenvalue weighted by atomic mass is 32.2. The molecule has 1 aromatic carbocycles. The van der Waals surface area contributed by atoms with Crippen molar-refractivity contribution >= 4 is 17.4 Å². The fourth-order valence-corrected chi connectivity index (χ4v) is 1.62. The van der Waals surface area contributed by atoms with Gasteiger partial charge >= 0.3 is 11.7 Å². The molecule has 1 N–H and O–H groups in total. The first-order chi connectivity index (χ1) is 8.59. The Bertz CT molecular complexity index is 427. The van der Waals surface area contributed by atoms with Gasteiger partial charge in [0.25, 0.3) is 0 Å². The summed E-state index contributed by atoms with van der Waals surface area (Å²) in [5.74, 6) is -1.53. The van der Waals surface area contributed by atoms with Crippen molar-refractivity contribution in [3.05, 3.63) is 29.6 Å². The second-order valence-corrected chi connectivity index (χ2v) is 4.57. The van der Waals surface area contributed by atoms with Gasteiger partial charge in [0.05, 0.1) is 11.3 Å². The molecule has 0 radical (unpaired) electrons. The van der Waals surface area contributed by atoms with E-state index in [4.69, 9.17) is 0 Å². The Kier molecular flexibility index (Phi) is 4.94. The van der Waals surface area contributed by atoms with E-state index in [0.29, 0.717) is 12.1 Å². The molecule has 1 rings (SSSR count). The van der Waals surface area contributed by atoms with Gasteiger partial charge in [-0.2, -0.15) is 26.3 Å². The van der Waals surface area contributed by atoms with Gasteiger partial charge in [-0.15, -0.1) is 0 Å². The molecule has 0 spiro atoms. The Morgan fingerprint density at radius 2 is 1.68 bits per heavy atom. The number of benzene rings is 1. The van der Waals surface area contributed by atoms with Crippen LogP contribution in [0.5, 0.6) is 0 Å². The van der Waals surface area contributed by atoms with E-state index in [1.807, 2.05) is 0 Å². The van der Waals surface area contributed by atoms with Crippen LogP contribution >= 0.6 is 11.8 Å². The number of hydrogen-bond acceptors (Lipinski definition) is 2. The number of alkyl halides is 6. The maximum absolute atomic E-state index is 13.3. The van der Waals surface area contributed by atoms with Gasteiger partial charge in [-0.3, -0.25) is 0 Å². The molecule has 0 fully saturated rings. The Morgan fingerprint density at radius 1 is 1.05 bits per heavy atom. The van der Waals surface area contributed by atoms with Crippen LogP contribution in [0.3, 0.4) is 0 Å². The molecular weight excluding hydrogens is 299 g/mol. The van der Waals surface area contributed by atoms with E-state index in [1.54, 1.807) is 0 Å². The van der Waals surface area contributed by atoms with Crippen molar-refractivity contribution in [2.75, 3.05) is 17.6 Å². The minimum absolute atomic E-state index is 0.216. The molecule has 0 saturated heterocycles. The van der Waals surface area contributed by atoms with Gasteiger partial charge in [0, 0.05) is 12.3 Å². The molecule has 0 amide bonds. The number of rotatable bonds is 4. The van der Waals surface area contributed by atoms with Crippen molar-refractivity contribution in [3.8, 4) is 0 Å². The smallest absolute Gasteiger partial charge is 0.382 e. The molecule has 108 valence electrons. The van der Waals surface area contributed by atoms with Crippen LogP contribution in [0.15, 0.2) is 18.2 Å². The molecule has 9 heteroatoms. The summed E-state index contributed by atoms with van der Waals surface area (Å²) >= 11 is -0.299. The summed E-state index contributed by atoms with van der Waals surface area (Å²) in [6, 6.07) is 1.79. The highest BCUT2D eigenvalue weighted by Crippen LogP contribution is 2.32. The van der Waals surface area contributed by atoms with E-state index in [1.165, 1.54) is 0 Å². The minimum Gasteiger partial charge on any atom is -0.382 e. The molecule has 0 aliphatic rings. The van der Waals surface area contributed by atoms with Gasteiger partial charge < -0.3 is 5.32 Å². The normalized spacial score (nSPS) is 12.6. The van der Waals surface area contributed by atoms with Gasteiger partial charge in [0.1, 0.15) is 5.82 Å². The molecule has 0 aromatic heterocycles. The van der Waals surface area contributed by atoms with Crippen LogP contribution in [0.1, 0.15) is 5.56 Å². The van der Waals surface area contributed by atoms with Crippen LogP contribution in [0, 0.1) is 5.82 Å². The summed E-state index contributed by atoms with van der Waals surface area (Å²) < 4.78 is 85.3. The lowest BCUT2D eigenvalue weighted by Crippen LogP contribution is -2.11. The molecule has 0 atom stereocenters. The lowest BCUT2D eigenvalue weighted by Gasteiger charge is -2.11. The predicted molar refractivity (Wildman–Crippen MR) is 58.4 cm³/mol. The van der Waals surface area contributed by atoms with Crippen LogP contribution in [0.25, 0.3) is 0 Å². The maximum atomic E-state index is 13.3. The molecular formula is C10H8F7NS. The highest BCUT2D eigenvalue weighted by Gasteiger charge is 2.31. The van der Waals surface area contributed by atoms with Gasteiger partial charge in [0.2, 0.25) is 0 Å². The first-order valence-electron chi connectivity index (χ1n) is 4.91. The topological polar surface area (TPSA) is 12.0 Å². The Morgan fingerprint density at radius 3 is 2.16 bits per heavy atom. The lowest BCUT2D eigenvalue weighted by molar-refractivity contribution is -0.137. The monoisotopic (exact) mass is 307 g/mol. The zero-order chi connectivity index (χ0) is 14.7. The minimum atomic E-state index is -4.66. The third-order valence-corrected chi connectivity index (χ3v) is 2.72. The molecule has 0 aliphatic heterocycles. The van der Waals surface area contributed by atoms with Gasteiger partial charge in [0.15, 0.2) is 0 Å². The van der Waals surface area contributed by atoms with E-state index >= 15 is 0 Å². The number of hydrogen-bond donors (Lipinski definition) is 1. The standard InChI is InChI=1S/C10H8F7NS/c11-7-5-6(9(12,13)14)1-2-8(7)18-3-4-19-10(15,16)17/h1-2,5,18H,3-4H2. The Labute approximate surface area is 108 Å². The van der Waals surface area contributed by atoms with Crippen molar-refractivity contribution in [2.45, 2.75) is 11.7 Å². The molecule has 19 heavy (non-hydrogen) atoms. The second kappa shape index (κ2) is 5.89. The maximum Gasteiger partial charge on any atom is 0.441 e. The number of anilines is 1. The third-order valence-electron chi connectivity index (χ3n) is 1.98. The van der Waals surface area contributed by atoms with Crippen LogP contribution in [0.2, 0.25) is 0 Å².